The quantitative estimate of drug-likeness (QED) is 0.516. The second kappa shape index (κ2) is 7.15. The Bertz CT molecular complexity index is 498. The standard InChI is InChI=1S/C14H17BrN2O2/c1-14(2,3)19-13(18)17-9-5-4-7-11-8-6-10-16-12(11)15/h6,8,10H,5,9H2,1-3H3,(H,17,18). The van der Waals surface area contributed by atoms with Crippen molar-refractivity contribution in [1.82, 2.24) is 10.3 Å². The van der Waals surface area contributed by atoms with Crippen molar-refractivity contribution < 1.29 is 9.53 Å². The first kappa shape index (κ1) is 15.5. The molecular formula is C14H17BrN2O2. The predicted octanol–water partition coefficient (Wildman–Crippen LogP) is 3.11. The average Bonchev–Trinajstić information content (AvgIpc) is 2.28. The summed E-state index contributed by atoms with van der Waals surface area (Å²) in [7, 11) is 0. The van der Waals surface area contributed by atoms with E-state index in [1.165, 1.54) is 0 Å². The molecule has 0 unspecified atom stereocenters. The predicted molar refractivity (Wildman–Crippen MR) is 77.7 cm³/mol. The molecular weight excluding hydrogens is 308 g/mol. The number of halogens is 1. The minimum Gasteiger partial charge on any atom is -0.444 e. The van der Waals surface area contributed by atoms with Gasteiger partial charge in [-0.2, -0.15) is 0 Å². The Kier molecular flexibility index (Phi) is 5.84. The molecule has 1 rings (SSSR count). The molecule has 0 atom stereocenters. The van der Waals surface area contributed by atoms with Gasteiger partial charge in [0.05, 0.1) is 5.56 Å². The van der Waals surface area contributed by atoms with Crippen LogP contribution in [-0.4, -0.2) is 23.2 Å². The number of pyridine rings is 1. The Hall–Kier alpha value is -1.54. The molecule has 0 aliphatic carbocycles. The highest BCUT2D eigenvalue weighted by atomic mass is 79.9. The molecule has 0 saturated carbocycles. The van der Waals surface area contributed by atoms with E-state index in [0.29, 0.717) is 13.0 Å². The van der Waals surface area contributed by atoms with Crippen molar-refractivity contribution in [3.8, 4) is 11.8 Å². The third-order valence-electron chi connectivity index (χ3n) is 1.90. The SMILES string of the molecule is CC(C)(C)OC(=O)NCCC#Cc1cccnc1Br. The third kappa shape index (κ3) is 6.82. The molecule has 0 spiro atoms. The van der Waals surface area contributed by atoms with Gasteiger partial charge in [-0.05, 0) is 48.8 Å². The first-order chi connectivity index (χ1) is 8.88. The number of alkyl carbamates (subject to hydrolysis) is 1. The summed E-state index contributed by atoms with van der Waals surface area (Å²) in [6.07, 6.45) is 1.83. The topological polar surface area (TPSA) is 51.2 Å². The van der Waals surface area contributed by atoms with Crippen LogP contribution in [-0.2, 0) is 4.74 Å². The van der Waals surface area contributed by atoms with Crippen LogP contribution >= 0.6 is 15.9 Å². The van der Waals surface area contributed by atoms with Crippen molar-refractivity contribution in [2.75, 3.05) is 6.54 Å². The molecule has 0 aromatic carbocycles. The number of hydrogen-bond donors (Lipinski definition) is 1. The maximum absolute atomic E-state index is 11.3. The van der Waals surface area contributed by atoms with Crippen molar-refractivity contribution in [2.24, 2.45) is 0 Å². The normalized spacial score (nSPS) is 10.3. The minimum atomic E-state index is -0.476. The molecule has 0 aliphatic heterocycles. The van der Waals surface area contributed by atoms with Crippen LogP contribution in [0.3, 0.4) is 0 Å². The highest BCUT2D eigenvalue weighted by Gasteiger charge is 2.15. The number of amides is 1. The molecule has 4 nitrogen and oxygen atoms in total. The minimum absolute atomic E-state index is 0.420. The Morgan fingerprint density at radius 2 is 2.26 bits per heavy atom. The van der Waals surface area contributed by atoms with Gasteiger partial charge in [0.1, 0.15) is 10.2 Å². The fraction of sp³-hybridized carbons (Fsp3) is 0.429. The number of aromatic nitrogens is 1. The van der Waals surface area contributed by atoms with Crippen LogP contribution in [0.15, 0.2) is 22.9 Å². The number of nitrogens with one attached hydrogen (secondary N) is 1. The van der Waals surface area contributed by atoms with Gasteiger partial charge in [-0.15, -0.1) is 0 Å². The molecule has 5 heteroatoms. The lowest BCUT2D eigenvalue weighted by molar-refractivity contribution is 0.0529. The summed E-state index contributed by atoms with van der Waals surface area (Å²) in [6.45, 7) is 5.94. The van der Waals surface area contributed by atoms with Crippen LogP contribution in [0.5, 0.6) is 0 Å². The van der Waals surface area contributed by atoms with Gasteiger partial charge in [0.2, 0.25) is 0 Å². The van der Waals surface area contributed by atoms with E-state index in [0.717, 1.165) is 10.2 Å². The fourth-order valence-corrected chi connectivity index (χ4v) is 1.53. The van der Waals surface area contributed by atoms with E-state index in [2.05, 4.69) is 38.1 Å². The van der Waals surface area contributed by atoms with Gasteiger partial charge in [-0.1, -0.05) is 11.8 Å². The summed E-state index contributed by atoms with van der Waals surface area (Å²) in [5.74, 6) is 5.95. The Balaban J connectivity index is 2.33. The Labute approximate surface area is 122 Å². The van der Waals surface area contributed by atoms with E-state index in [1.807, 2.05) is 32.9 Å². The maximum atomic E-state index is 11.3. The summed E-state index contributed by atoms with van der Waals surface area (Å²) in [6, 6.07) is 3.71. The zero-order valence-corrected chi connectivity index (χ0v) is 12.9. The lowest BCUT2D eigenvalue weighted by Gasteiger charge is -2.19. The van der Waals surface area contributed by atoms with Gasteiger partial charge in [0.15, 0.2) is 0 Å². The van der Waals surface area contributed by atoms with E-state index in [-0.39, 0.29) is 0 Å². The highest BCUT2D eigenvalue weighted by Crippen LogP contribution is 2.10. The van der Waals surface area contributed by atoms with Gasteiger partial charge in [-0.25, -0.2) is 9.78 Å². The van der Waals surface area contributed by atoms with Gasteiger partial charge in [-0.3, -0.25) is 0 Å². The largest absolute Gasteiger partial charge is 0.444 e. The average molecular weight is 325 g/mol. The van der Waals surface area contributed by atoms with E-state index in [9.17, 15) is 4.79 Å². The lowest BCUT2D eigenvalue weighted by atomic mass is 10.2. The first-order valence-corrected chi connectivity index (χ1v) is 6.74. The zero-order valence-electron chi connectivity index (χ0n) is 11.3. The smallest absolute Gasteiger partial charge is 0.407 e. The molecule has 102 valence electrons. The summed E-state index contributed by atoms with van der Waals surface area (Å²) in [5, 5.41) is 2.65. The highest BCUT2D eigenvalue weighted by molar-refractivity contribution is 9.10. The molecule has 1 heterocycles. The van der Waals surface area contributed by atoms with Crippen LogP contribution < -0.4 is 5.32 Å². The van der Waals surface area contributed by atoms with Crippen molar-refractivity contribution in [2.45, 2.75) is 32.8 Å². The summed E-state index contributed by atoms with van der Waals surface area (Å²) < 4.78 is 5.83. The molecule has 0 aliphatic rings. The van der Waals surface area contributed by atoms with Gasteiger partial charge >= 0.3 is 6.09 Å². The van der Waals surface area contributed by atoms with Crippen LogP contribution in [0.25, 0.3) is 0 Å². The number of carbonyl (C=O) groups excluding carboxylic acids is 1. The fourth-order valence-electron chi connectivity index (χ4n) is 1.18. The summed E-state index contributed by atoms with van der Waals surface area (Å²) >= 11 is 3.32. The molecule has 0 bridgehead atoms. The number of rotatable bonds is 2. The van der Waals surface area contributed by atoms with Crippen molar-refractivity contribution in [3.05, 3.63) is 28.5 Å². The van der Waals surface area contributed by atoms with E-state index < -0.39 is 11.7 Å². The molecule has 0 saturated heterocycles. The molecule has 1 aromatic heterocycles. The van der Waals surface area contributed by atoms with Crippen LogP contribution in [0.1, 0.15) is 32.8 Å². The molecule has 1 amide bonds. The van der Waals surface area contributed by atoms with E-state index in [4.69, 9.17) is 4.74 Å². The maximum Gasteiger partial charge on any atom is 0.407 e. The van der Waals surface area contributed by atoms with Crippen molar-refractivity contribution in [1.29, 1.82) is 0 Å². The molecule has 1 N–H and O–H groups in total. The first-order valence-electron chi connectivity index (χ1n) is 5.95. The van der Waals surface area contributed by atoms with Gasteiger partial charge < -0.3 is 10.1 Å². The number of ether oxygens (including phenoxy) is 1. The monoisotopic (exact) mass is 324 g/mol. The van der Waals surface area contributed by atoms with E-state index in [1.54, 1.807) is 6.20 Å². The van der Waals surface area contributed by atoms with Crippen LogP contribution in [0.4, 0.5) is 4.79 Å². The van der Waals surface area contributed by atoms with Gasteiger partial charge in [0.25, 0.3) is 0 Å². The zero-order chi connectivity index (χ0) is 14.3. The molecule has 19 heavy (non-hydrogen) atoms. The van der Waals surface area contributed by atoms with Crippen molar-refractivity contribution in [3.63, 3.8) is 0 Å². The molecule has 0 radical (unpaired) electrons. The third-order valence-corrected chi connectivity index (χ3v) is 2.53. The van der Waals surface area contributed by atoms with Crippen LogP contribution in [0.2, 0.25) is 0 Å². The molecule has 1 aromatic rings. The number of carbonyl (C=O) groups is 1. The summed E-state index contributed by atoms with van der Waals surface area (Å²) in [5.41, 5.74) is 0.357. The van der Waals surface area contributed by atoms with Gasteiger partial charge in [0, 0.05) is 19.2 Å². The van der Waals surface area contributed by atoms with E-state index >= 15 is 0 Å². The number of hydrogen-bond acceptors (Lipinski definition) is 3. The second-order valence-electron chi connectivity index (χ2n) is 4.82. The second-order valence-corrected chi connectivity index (χ2v) is 5.57. The Morgan fingerprint density at radius 3 is 2.89 bits per heavy atom. The lowest BCUT2D eigenvalue weighted by Crippen LogP contribution is -2.32. The number of nitrogens with zero attached hydrogens (tertiary/aromatic N) is 1. The molecule has 0 fully saturated rings. The van der Waals surface area contributed by atoms with Crippen LogP contribution in [0, 0.1) is 11.8 Å². The van der Waals surface area contributed by atoms with Crippen molar-refractivity contribution >= 4 is 22.0 Å². The summed E-state index contributed by atoms with van der Waals surface area (Å²) in [4.78, 5) is 15.4. The Morgan fingerprint density at radius 1 is 1.53 bits per heavy atom.